The van der Waals surface area contributed by atoms with Crippen molar-refractivity contribution in [1.29, 1.82) is 0 Å². The lowest BCUT2D eigenvalue weighted by Gasteiger charge is -2.22. The van der Waals surface area contributed by atoms with Gasteiger partial charge in [0.25, 0.3) is 0 Å². The van der Waals surface area contributed by atoms with Crippen LogP contribution < -0.4 is 11.1 Å². The Morgan fingerprint density at radius 3 is 2.62 bits per heavy atom. The van der Waals surface area contributed by atoms with Crippen LogP contribution in [0.4, 0.5) is 0 Å². The highest BCUT2D eigenvalue weighted by molar-refractivity contribution is 9.10. The minimum absolute atomic E-state index is 0.237. The maximum atomic E-state index is 5.69. The van der Waals surface area contributed by atoms with Gasteiger partial charge in [-0.1, -0.05) is 48.0 Å². The Balaban J connectivity index is 2.29. The first-order valence-electron chi connectivity index (χ1n) is 5.69. The number of nitrogens with one attached hydrogen (secondary N) is 1. The molecule has 0 heterocycles. The van der Waals surface area contributed by atoms with Gasteiger partial charge in [-0.3, -0.25) is 0 Å². The maximum absolute atomic E-state index is 5.69. The van der Waals surface area contributed by atoms with Crippen molar-refractivity contribution in [2.45, 2.75) is 26.8 Å². The highest BCUT2D eigenvalue weighted by atomic mass is 79.9. The molecule has 0 aliphatic rings. The van der Waals surface area contributed by atoms with Crippen molar-refractivity contribution in [2.75, 3.05) is 13.1 Å². The van der Waals surface area contributed by atoms with Crippen molar-refractivity contribution in [3.05, 3.63) is 34.3 Å². The zero-order valence-electron chi connectivity index (χ0n) is 10.1. The molecule has 0 fully saturated rings. The Kier molecular flexibility index (Phi) is 5.46. The van der Waals surface area contributed by atoms with Crippen LogP contribution >= 0.6 is 15.9 Å². The molecule has 0 atom stereocenters. The summed E-state index contributed by atoms with van der Waals surface area (Å²) >= 11 is 3.54. The fourth-order valence-electron chi connectivity index (χ4n) is 1.39. The summed E-state index contributed by atoms with van der Waals surface area (Å²) in [5, 5.41) is 3.45. The van der Waals surface area contributed by atoms with E-state index in [1.54, 1.807) is 0 Å². The predicted octanol–water partition coefficient (Wildman–Crippen LogP) is 2.91. The lowest BCUT2D eigenvalue weighted by molar-refractivity contribution is 0.339. The zero-order chi connectivity index (χ0) is 12.0. The molecule has 0 bridgehead atoms. The largest absolute Gasteiger partial charge is 0.330 e. The molecule has 0 aliphatic carbocycles. The Hall–Kier alpha value is -0.380. The molecule has 1 aromatic carbocycles. The molecule has 0 aliphatic heterocycles. The third-order valence-electron chi connectivity index (χ3n) is 2.80. The molecule has 90 valence electrons. The maximum Gasteiger partial charge on any atom is 0.0220 e. The van der Waals surface area contributed by atoms with Crippen molar-refractivity contribution in [3.8, 4) is 0 Å². The molecule has 1 rings (SSSR count). The lowest BCUT2D eigenvalue weighted by Crippen LogP contribution is -2.28. The van der Waals surface area contributed by atoms with Crippen molar-refractivity contribution < 1.29 is 0 Å². The quantitative estimate of drug-likeness (QED) is 0.789. The molecular formula is C13H21BrN2. The van der Waals surface area contributed by atoms with E-state index in [-0.39, 0.29) is 5.41 Å². The second-order valence-corrected chi connectivity index (χ2v) is 5.74. The van der Waals surface area contributed by atoms with Gasteiger partial charge in [-0.25, -0.2) is 0 Å². The standard InChI is InChI=1S/C13H21BrN2/c1-13(2,10-15)7-8-16-9-11-5-3-4-6-12(11)14/h3-6,16H,7-10,15H2,1-2H3. The summed E-state index contributed by atoms with van der Waals surface area (Å²) in [6.45, 7) is 7.05. The van der Waals surface area contributed by atoms with Gasteiger partial charge in [0.1, 0.15) is 0 Å². The molecule has 16 heavy (non-hydrogen) atoms. The molecule has 3 N–H and O–H groups in total. The van der Waals surface area contributed by atoms with Crippen LogP contribution in [0.15, 0.2) is 28.7 Å². The third-order valence-corrected chi connectivity index (χ3v) is 3.58. The third kappa shape index (κ3) is 4.64. The summed E-state index contributed by atoms with van der Waals surface area (Å²) in [5.41, 5.74) is 7.22. The van der Waals surface area contributed by atoms with E-state index in [4.69, 9.17) is 5.73 Å². The first kappa shape index (κ1) is 13.7. The number of hydrogen-bond donors (Lipinski definition) is 2. The summed E-state index contributed by atoms with van der Waals surface area (Å²) < 4.78 is 1.17. The highest BCUT2D eigenvalue weighted by Crippen LogP contribution is 2.18. The predicted molar refractivity (Wildman–Crippen MR) is 73.3 cm³/mol. The van der Waals surface area contributed by atoms with E-state index in [2.05, 4.69) is 53.3 Å². The van der Waals surface area contributed by atoms with Gasteiger partial charge < -0.3 is 11.1 Å². The van der Waals surface area contributed by atoms with Crippen LogP contribution in [0.3, 0.4) is 0 Å². The van der Waals surface area contributed by atoms with E-state index in [1.165, 1.54) is 10.0 Å². The second-order valence-electron chi connectivity index (χ2n) is 4.89. The smallest absolute Gasteiger partial charge is 0.0220 e. The summed E-state index contributed by atoms with van der Waals surface area (Å²) in [4.78, 5) is 0. The van der Waals surface area contributed by atoms with Gasteiger partial charge in [0.05, 0.1) is 0 Å². The summed E-state index contributed by atoms with van der Waals surface area (Å²) in [7, 11) is 0. The SMILES string of the molecule is CC(C)(CN)CCNCc1ccccc1Br. The normalized spacial score (nSPS) is 11.8. The van der Waals surface area contributed by atoms with Crippen LogP contribution in [0.2, 0.25) is 0 Å². The number of hydrogen-bond acceptors (Lipinski definition) is 2. The van der Waals surface area contributed by atoms with E-state index >= 15 is 0 Å². The number of halogens is 1. The minimum Gasteiger partial charge on any atom is -0.330 e. The molecule has 0 radical (unpaired) electrons. The average Bonchev–Trinajstić information content (AvgIpc) is 2.27. The fourth-order valence-corrected chi connectivity index (χ4v) is 1.82. The minimum atomic E-state index is 0.237. The van der Waals surface area contributed by atoms with Gasteiger partial charge in [-0.15, -0.1) is 0 Å². The first-order chi connectivity index (χ1) is 7.55. The number of nitrogens with two attached hydrogens (primary N) is 1. The Labute approximate surface area is 107 Å². The molecular weight excluding hydrogens is 264 g/mol. The molecule has 2 nitrogen and oxygen atoms in total. The van der Waals surface area contributed by atoms with Crippen molar-refractivity contribution in [1.82, 2.24) is 5.32 Å². The molecule has 0 amide bonds. The van der Waals surface area contributed by atoms with Crippen molar-refractivity contribution >= 4 is 15.9 Å². The summed E-state index contributed by atoms with van der Waals surface area (Å²) in [5.74, 6) is 0. The molecule has 3 heteroatoms. The molecule has 0 aromatic heterocycles. The Bertz CT molecular complexity index is 323. The van der Waals surface area contributed by atoms with E-state index in [9.17, 15) is 0 Å². The molecule has 0 unspecified atom stereocenters. The molecule has 0 saturated heterocycles. The van der Waals surface area contributed by atoms with Gasteiger partial charge in [0.2, 0.25) is 0 Å². The van der Waals surface area contributed by atoms with Crippen LogP contribution in [-0.2, 0) is 6.54 Å². The average molecular weight is 285 g/mol. The van der Waals surface area contributed by atoms with Gasteiger partial charge in [-0.2, -0.15) is 0 Å². The van der Waals surface area contributed by atoms with Gasteiger partial charge >= 0.3 is 0 Å². The Morgan fingerprint density at radius 1 is 1.31 bits per heavy atom. The van der Waals surface area contributed by atoms with Gasteiger partial charge in [0.15, 0.2) is 0 Å². The van der Waals surface area contributed by atoms with E-state index in [0.29, 0.717) is 0 Å². The lowest BCUT2D eigenvalue weighted by atomic mass is 9.90. The summed E-state index contributed by atoms with van der Waals surface area (Å²) in [6, 6.07) is 8.29. The number of benzene rings is 1. The van der Waals surface area contributed by atoms with Crippen LogP contribution in [0, 0.1) is 5.41 Å². The molecule has 1 aromatic rings. The van der Waals surface area contributed by atoms with Crippen LogP contribution in [0.25, 0.3) is 0 Å². The second kappa shape index (κ2) is 6.38. The van der Waals surface area contributed by atoms with Crippen molar-refractivity contribution in [2.24, 2.45) is 11.1 Å². The van der Waals surface area contributed by atoms with Gasteiger partial charge in [-0.05, 0) is 36.6 Å². The van der Waals surface area contributed by atoms with Crippen molar-refractivity contribution in [3.63, 3.8) is 0 Å². The van der Waals surface area contributed by atoms with Crippen LogP contribution in [0.5, 0.6) is 0 Å². The first-order valence-corrected chi connectivity index (χ1v) is 6.49. The zero-order valence-corrected chi connectivity index (χ0v) is 11.7. The summed E-state index contributed by atoms with van der Waals surface area (Å²) in [6.07, 6.45) is 1.11. The fraction of sp³-hybridized carbons (Fsp3) is 0.538. The topological polar surface area (TPSA) is 38.0 Å². The highest BCUT2D eigenvalue weighted by Gasteiger charge is 2.14. The Morgan fingerprint density at radius 2 is 2.00 bits per heavy atom. The van der Waals surface area contributed by atoms with E-state index < -0.39 is 0 Å². The monoisotopic (exact) mass is 284 g/mol. The van der Waals surface area contributed by atoms with E-state index in [0.717, 1.165) is 26.1 Å². The number of rotatable bonds is 6. The van der Waals surface area contributed by atoms with Crippen LogP contribution in [-0.4, -0.2) is 13.1 Å². The van der Waals surface area contributed by atoms with E-state index in [1.807, 2.05) is 6.07 Å². The molecule has 0 saturated carbocycles. The molecule has 0 spiro atoms. The van der Waals surface area contributed by atoms with Crippen LogP contribution in [0.1, 0.15) is 25.8 Å². The van der Waals surface area contributed by atoms with Gasteiger partial charge in [0, 0.05) is 11.0 Å².